The Balaban J connectivity index is 1.31. The average molecular weight is 322 g/mol. The third kappa shape index (κ3) is 3.76. The maximum Gasteiger partial charge on any atom is 0.0679 e. The van der Waals surface area contributed by atoms with Crippen LogP contribution in [0.5, 0.6) is 0 Å². The number of β-amino-alcohol motifs (C(OH)–C–C–N with tert-alkyl or cyclic N) is 1. The summed E-state index contributed by atoms with van der Waals surface area (Å²) in [4.78, 5) is 2.56. The van der Waals surface area contributed by atoms with Crippen molar-refractivity contribution in [2.75, 3.05) is 26.3 Å². The van der Waals surface area contributed by atoms with Gasteiger partial charge in [-0.1, -0.05) is 12.8 Å². The van der Waals surface area contributed by atoms with Gasteiger partial charge in [-0.25, -0.2) is 0 Å². The number of hydrogen-bond donors (Lipinski definition) is 2. The van der Waals surface area contributed by atoms with Crippen LogP contribution in [0, 0.1) is 11.8 Å². The fraction of sp³-hybridized carbons (Fsp3) is 1.00. The van der Waals surface area contributed by atoms with Gasteiger partial charge in [0.15, 0.2) is 0 Å². The Hall–Kier alpha value is -0.160. The summed E-state index contributed by atoms with van der Waals surface area (Å²) in [5.74, 6) is 1.71. The molecule has 4 nitrogen and oxygen atoms in total. The van der Waals surface area contributed by atoms with Crippen molar-refractivity contribution < 1.29 is 9.84 Å². The summed E-state index contributed by atoms with van der Waals surface area (Å²) in [5, 5.41) is 13.9. The van der Waals surface area contributed by atoms with Gasteiger partial charge in [-0.2, -0.15) is 0 Å². The van der Waals surface area contributed by atoms with Crippen molar-refractivity contribution >= 4 is 0 Å². The van der Waals surface area contributed by atoms with Crippen LogP contribution in [-0.2, 0) is 4.74 Å². The third-order valence-electron chi connectivity index (χ3n) is 6.94. The minimum absolute atomic E-state index is 0.0855. The minimum atomic E-state index is -0.0855. The molecular formula is C19H34N2O2. The van der Waals surface area contributed by atoms with E-state index in [1.54, 1.807) is 0 Å². The molecule has 2 saturated carbocycles. The number of aliphatic hydroxyl groups is 1. The lowest BCUT2D eigenvalue weighted by atomic mass is 9.77. The van der Waals surface area contributed by atoms with E-state index in [4.69, 9.17) is 4.74 Å². The Bertz CT molecular complexity index is 386. The molecule has 4 heteroatoms. The molecule has 4 aliphatic rings. The highest BCUT2D eigenvalue weighted by Crippen LogP contribution is 2.36. The highest BCUT2D eigenvalue weighted by atomic mass is 16.5. The molecule has 4 unspecified atom stereocenters. The number of ether oxygens (including phenoxy) is 1. The maximum atomic E-state index is 9.85. The second-order valence-electron chi connectivity index (χ2n) is 8.46. The van der Waals surface area contributed by atoms with E-state index in [0.717, 1.165) is 44.6 Å². The Kier molecular flexibility index (Phi) is 5.24. The molecule has 2 saturated heterocycles. The van der Waals surface area contributed by atoms with E-state index in [1.807, 2.05) is 0 Å². The van der Waals surface area contributed by atoms with Gasteiger partial charge in [0.2, 0.25) is 0 Å². The summed E-state index contributed by atoms with van der Waals surface area (Å²) in [5.41, 5.74) is 0. The van der Waals surface area contributed by atoms with Gasteiger partial charge in [-0.05, 0) is 56.8 Å². The van der Waals surface area contributed by atoms with Gasteiger partial charge in [0, 0.05) is 44.4 Å². The van der Waals surface area contributed by atoms with Gasteiger partial charge in [0.05, 0.1) is 6.10 Å². The van der Waals surface area contributed by atoms with Crippen molar-refractivity contribution in [3.05, 3.63) is 0 Å². The molecule has 2 N–H and O–H groups in total. The second-order valence-corrected chi connectivity index (χ2v) is 8.46. The molecule has 2 aliphatic carbocycles. The van der Waals surface area contributed by atoms with Crippen LogP contribution in [-0.4, -0.2) is 60.5 Å². The first kappa shape index (κ1) is 16.3. The quantitative estimate of drug-likeness (QED) is 0.832. The first-order valence-corrected chi connectivity index (χ1v) is 10.1. The van der Waals surface area contributed by atoms with Crippen LogP contribution in [0.3, 0.4) is 0 Å². The minimum Gasteiger partial charge on any atom is -0.392 e. The smallest absolute Gasteiger partial charge is 0.0679 e. The first-order chi connectivity index (χ1) is 11.3. The molecule has 132 valence electrons. The molecule has 4 fully saturated rings. The number of rotatable bonds is 4. The first-order valence-electron chi connectivity index (χ1n) is 10.1. The zero-order valence-electron chi connectivity index (χ0n) is 14.5. The van der Waals surface area contributed by atoms with E-state index < -0.39 is 0 Å². The van der Waals surface area contributed by atoms with Gasteiger partial charge in [-0.15, -0.1) is 0 Å². The van der Waals surface area contributed by atoms with Crippen LogP contribution >= 0.6 is 0 Å². The van der Waals surface area contributed by atoms with Gasteiger partial charge < -0.3 is 15.2 Å². The Morgan fingerprint density at radius 2 is 1.87 bits per heavy atom. The fourth-order valence-corrected chi connectivity index (χ4v) is 5.68. The van der Waals surface area contributed by atoms with E-state index >= 15 is 0 Å². The van der Waals surface area contributed by atoms with E-state index in [-0.39, 0.29) is 6.10 Å². The average Bonchev–Trinajstić information content (AvgIpc) is 3.28. The molecule has 0 spiro atoms. The molecule has 4 rings (SSSR count). The zero-order chi connectivity index (χ0) is 15.6. The topological polar surface area (TPSA) is 44.7 Å². The third-order valence-corrected chi connectivity index (χ3v) is 6.94. The number of hydrogen-bond acceptors (Lipinski definition) is 4. The summed E-state index contributed by atoms with van der Waals surface area (Å²) in [6.45, 7) is 3.99. The lowest BCUT2D eigenvalue weighted by Crippen LogP contribution is -2.50. The molecule has 0 amide bonds. The summed E-state index contributed by atoms with van der Waals surface area (Å²) in [7, 11) is 0. The summed E-state index contributed by atoms with van der Waals surface area (Å²) < 4.78 is 5.62. The monoisotopic (exact) mass is 322 g/mol. The van der Waals surface area contributed by atoms with Crippen molar-refractivity contribution in [3.8, 4) is 0 Å². The van der Waals surface area contributed by atoms with Crippen LogP contribution in [0.4, 0.5) is 0 Å². The van der Waals surface area contributed by atoms with Crippen LogP contribution in [0.2, 0.25) is 0 Å². The standard InChI is InChI=1S/C19H34N2O2/c22-17-7-9-21(12-17)19-6-2-5-18(19)20-16-4-1-3-14(11-16)15-8-10-23-13-15/h14-20,22H,1-13H2/t14?,15?,16?,17?,18-,19+/m0/s1. The zero-order valence-corrected chi connectivity index (χ0v) is 14.5. The van der Waals surface area contributed by atoms with Crippen molar-refractivity contribution in [1.29, 1.82) is 0 Å². The lowest BCUT2D eigenvalue weighted by Gasteiger charge is -2.37. The van der Waals surface area contributed by atoms with Crippen molar-refractivity contribution in [3.63, 3.8) is 0 Å². The lowest BCUT2D eigenvalue weighted by molar-refractivity contribution is 0.132. The Morgan fingerprint density at radius 3 is 2.65 bits per heavy atom. The van der Waals surface area contributed by atoms with Gasteiger partial charge in [0.25, 0.3) is 0 Å². The molecule has 0 aromatic carbocycles. The van der Waals surface area contributed by atoms with Crippen molar-refractivity contribution in [2.24, 2.45) is 11.8 Å². The molecule has 2 aliphatic heterocycles. The molecule has 6 atom stereocenters. The molecule has 23 heavy (non-hydrogen) atoms. The van der Waals surface area contributed by atoms with Gasteiger partial charge >= 0.3 is 0 Å². The number of aliphatic hydroxyl groups excluding tert-OH is 1. The summed E-state index contributed by atoms with van der Waals surface area (Å²) in [6, 6.07) is 2.04. The van der Waals surface area contributed by atoms with Crippen LogP contribution in [0.1, 0.15) is 57.8 Å². The normalized spacial score (nSPS) is 45.8. The van der Waals surface area contributed by atoms with Crippen LogP contribution in [0.15, 0.2) is 0 Å². The van der Waals surface area contributed by atoms with E-state index in [9.17, 15) is 5.11 Å². The molecule has 0 radical (unpaired) electrons. The van der Waals surface area contributed by atoms with Gasteiger partial charge in [-0.3, -0.25) is 4.90 Å². The van der Waals surface area contributed by atoms with E-state index in [2.05, 4.69) is 10.2 Å². The molecular weight excluding hydrogens is 288 g/mol. The number of nitrogens with zero attached hydrogens (tertiary/aromatic N) is 1. The second kappa shape index (κ2) is 7.38. The highest BCUT2D eigenvalue weighted by molar-refractivity contribution is 4.96. The number of nitrogens with one attached hydrogen (secondary N) is 1. The van der Waals surface area contributed by atoms with E-state index in [1.165, 1.54) is 51.4 Å². The molecule has 0 aromatic heterocycles. The van der Waals surface area contributed by atoms with Crippen molar-refractivity contribution in [1.82, 2.24) is 10.2 Å². The van der Waals surface area contributed by atoms with Crippen molar-refractivity contribution in [2.45, 2.75) is 82.0 Å². The molecule has 0 bridgehead atoms. The predicted octanol–water partition coefficient (Wildman–Crippen LogP) is 2.16. The van der Waals surface area contributed by atoms with Crippen LogP contribution in [0.25, 0.3) is 0 Å². The Labute approximate surface area is 141 Å². The van der Waals surface area contributed by atoms with Gasteiger partial charge in [0.1, 0.15) is 0 Å². The fourth-order valence-electron chi connectivity index (χ4n) is 5.68. The highest BCUT2D eigenvalue weighted by Gasteiger charge is 2.38. The summed E-state index contributed by atoms with van der Waals surface area (Å²) in [6.07, 6.45) is 11.7. The molecule has 0 aromatic rings. The molecule has 2 heterocycles. The number of likely N-dealkylation sites (tertiary alicyclic amines) is 1. The Morgan fingerprint density at radius 1 is 0.957 bits per heavy atom. The SMILES string of the molecule is OC1CCN([C@@H]2CCC[C@@H]2NC2CCCC(C3CCOC3)C2)C1. The summed E-state index contributed by atoms with van der Waals surface area (Å²) >= 11 is 0. The predicted molar refractivity (Wildman–Crippen MR) is 91.4 cm³/mol. The van der Waals surface area contributed by atoms with Crippen LogP contribution < -0.4 is 5.32 Å². The van der Waals surface area contributed by atoms with E-state index in [0.29, 0.717) is 18.1 Å². The maximum absolute atomic E-state index is 9.85. The largest absolute Gasteiger partial charge is 0.392 e.